The molecule has 0 aliphatic carbocycles. The summed E-state index contributed by atoms with van der Waals surface area (Å²) in [6, 6.07) is 6.95. The van der Waals surface area contributed by atoms with E-state index < -0.39 is 5.97 Å². The van der Waals surface area contributed by atoms with E-state index in [1.807, 2.05) is 6.92 Å². The molecule has 94 valence electrons. The highest BCUT2D eigenvalue weighted by Crippen LogP contribution is 2.31. The zero-order valence-corrected chi connectivity index (χ0v) is 10.3. The summed E-state index contributed by atoms with van der Waals surface area (Å²) in [7, 11) is 0. The summed E-state index contributed by atoms with van der Waals surface area (Å²) in [5.74, 6) is -0.270. The van der Waals surface area contributed by atoms with Crippen molar-refractivity contribution in [2.75, 3.05) is 6.61 Å². The fourth-order valence-corrected chi connectivity index (χ4v) is 1.72. The van der Waals surface area contributed by atoms with Crippen LogP contribution in [0.15, 0.2) is 28.8 Å². The molecule has 0 radical (unpaired) electrons. The molecular weight excluding hydrogens is 258 g/mol. The molecule has 0 aliphatic heterocycles. The van der Waals surface area contributed by atoms with Gasteiger partial charge in [-0.2, -0.15) is 0 Å². The zero-order valence-electron chi connectivity index (χ0n) is 9.51. The Kier molecular flexibility index (Phi) is 3.53. The summed E-state index contributed by atoms with van der Waals surface area (Å²) in [4.78, 5) is 10.8. The average Bonchev–Trinajstić information content (AvgIpc) is 2.73. The third-order valence-electron chi connectivity index (χ3n) is 2.27. The molecule has 0 fully saturated rings. The summed E-state index contributed by atoms with van der Waals surface area (Å²) >= 11 is 5.89. The summed E-state index contributed by atoms with van der Waals surface area (Å²) in [5, 5.41) is 12.2. The van der Waals surface area contributed by atoms with Gasteiger partial charge < -0.3 is 14.4 Å². The molecule has 2 aromatic rings. The standard InChI is InChI=1S/C12H10ClNO4/c1-2-17-8-5-3-7(4-6-8)11-9(13)10(12(15)16)14-18-11/h3-6H,2H2,1H3,(H,15,16). The molecule has 0 aliphatic rings. The second-order valence-electron chi connectivity index (χ2n) is 3.44. The van der Waals surface area contributed by atoms with E-state index in [-0.39, 0.29) is 16.5 Å². The van der Waals surface area contributed by atoms with E-state index in [4.69, 9.17) is 26.0 Å². The van der Waals surface area contributed by atoms with Crippen molar-refractivity contribution >= 4 is 17.6 Å². The molecule has 1 N–H and O–H groups in total. The number of hydrogen-bond donors (Lipinski definition) is 1. The Bertz CT molecular complexity index is 562. The third-order valence-corrected chi connectivity index (χ3v) is 2.62. The summed E-state index contributed by atoms with van der Waals surface area (Å²) in [6.07, 6.45) is 0. The van der Waals surface area contributed by atoms with Crippen LogP contribution in [0.25, 0.3) is 11.3 Å². The highest BCUT2D eigenvalue weighted by atomic mass is 35.5. The van der Waals surface area contributed by atoms with Crippen LogP contribution in [-0.2, 0) is 0 Å². The molecule has 2 rings (SSSR count). The van der Waals surface area contributed by atoms with E-state index in [0.29, 0.717) is 12.2 Å². The van der Waals surface area contributed by atoms with Gasteiger partial charge in [0.15, 0.2) is 5.76 Å². The predicted molar refractivity (Wildman–Crippen MR) is 65.1 cm³/mol. The number of aromatic carboxylic acids is 1. The monoisotopic (exact) mass is 267 g/mol. The highest BCUT2D eigenvalue weighted by Gasteiger charge is 2.20. The number of ether oxygens (including phenoxy) is 1. The van der Waals surface area contributed by atoms with Gasteiger partial charge in [-0.05, 0) is 31.2 Å². The quantitative estimate of drug-likeness (QED) is 0.921. The van der Waals surface area contributed by atoms with Crippen molar-refractivity contribution in [2.45, 2.75) is 6.92 Å². The molecule has 0 spiro atoms. The van der Waals surface area contributed by atoms with Crippen LogP contribution >= 0.6 is 11.6 Å². The van der Waals surface area contributed by atoms with E-state index in [9.17, 15) is 4.79 Å². The van der Waals surface area contributed by atoms with Crippen LogP contribution in [0.2, 0.25) is 5.02 Å². The Hall–Kier alpha value is -2.01. The lowest BCUT2D eigenvalue weighted by Gasteiger charge is -2.02. The van der Waals surface area contributed by atoms with Gasteiger partial charge in [-0.3, -0.25) is 0 Å². The number of hydrogen-bond acceptors (Lipinski definition) is 4. The first kappa shape index (κ1) is 12.4. The van der Waals surface area contributed by atoms with Gasteiger partial charge in [-0.15, -0.1) is 0 Å². The lowest BCUT2D eigenvalue weighted by atomic mass is 10.1. The lowest BCUT2D eigenvalue weighted by molar-refractivity contribution is 0.0686. The van der Waals surface area contributed by atoms with E-state index in [0.717, 1.165) is 5.75 Å². The van der Waals surface area contributed by atoms with Gasteiger partial charge in [0.25, 0.3) is 0 Å². The van der Waals surface area contributed by atoms with Crippen LogP contribution in [-0.4, -0.2) is 22.8 Å². The van der Waals surface area contributed by atoms with E-state index in [1.165, 1.54) is 0 Å². The number of carboxylic acids is 1. The molecule has 0 amide bonds. The van der Waals surface area contributed by atoms with Crippen molar-refractivity contribution in [1.82, 2.24) is 5.16 Å². The van der Waals surface area contributed by atoms with Crippen LogP contribution in [0.4, 0.5) is 0 Å². The second-order valence-corrected chi connectivity index (χ2v) is 3.81. The Morgan fingerprint density at radius 2 is 2.11 bits per heavy atom. The van der Waals surface area contributed by atoms with Crippen molar-refractivity contribution in [3.63, 3.8) is 0 Å². The Labute approximate surface area is 108 Å². The van der Waals surface area contributed by atoms with Gasteiger partial charge in [0, 0.05) is 5.56 Å². The van der Waals surface area contributed by atoms with Gasteiger partial charge in [-0.1, -0.05) is 16.8 Å². The smallest absolute Gasteiger partial charge is 0.359 e. The molecule has 0 bridgehead atoms. The van der Waals surface area contributed by atoms with Gasteiger partial charge in [0.05, 0.1) is 6.61 Å². The Morgan fingerprint density at radius 3 is 2.61 bits per heavy atom. The number of carboxylic acid groups (broad SMARTS) is 1. The first-order chi connectivity index (χ1) is 8.63. The fourth-order valence-electron chi connectivity index (χ4n) is 1.46. The molecule has 5 nitrogen and oxygen atoms in total. The highest BCUT2D eigenvalue weighted by molar-refractivity contribution is 6.35. The van der Waals surface area contributed by atoms with Crippen molar-refractivity contribution in [1.29, 1.82) is 0 Å². The number of aromatic nitrogens is 1. The van der Waals surface area contributed by atoms with Crippen molar-refractivity contribution in [3.05, 3.63) is 35.0 Å². The van der Waals surface area contributed by atoms with Crippen molar-refractivity contribution in [3.8, 4) is 17.1 Å². The van der Waals surface area contributed by atoms with Crippen LogP contribution in [0.3, 0.4) is 0 Å². The number of rotatable bonds is 4. The number of halogens is 1. The van der Waals surface area contributed by atoms with Gasteiger partial charge in [0.2, 0.25) is 5.69 Å². The second kappa shape index (κ2) is 5.10. The summed E-state index contributed by atoms with van der Waals surface area (Å²) in [6.45, 7) is 2.46. The fraction of sp³-hybridized carbons (Fsp3) is 0.167. The van der Waals surface area contributed by atoms with Gasteiger partial charge in [0.1, 0.15) is 10.8 Å². The van der Waals surface area contributed by atoms with Crippen LogP contribution in [0.1, 0.15) is 17.4 Å². The van der Waals surface area contributed by atoms with Crippen molar-refractivity contribution in [2.24, 2.45) is 0 Å². The topological polar surface area (TPSA) is 72.6 Å². The molecule has 1 aromatic carbocycles. The molecule has 6 heteroatoms. The first-order valence-electron chi connectivity index (χ1n) is 5.25. The van der Waals surface area contributed by atoms with E-state index in [1.54, 1.807) is 24.3 Å². The first-order valence-corrected chi connectivity index (χ1v) is 5.63. The Balaban J connectivity index is 2.34. The lowest BCUT2D eigenvalue weighted by Crippen LogP contribution is -1.96. The molecule has 1 aromatic heterocycles. The molecule has 18 heavy (non-hydrogen) atoms. The minimum atomic E-state index is -1.22. The zero-order chi connectivity index (χ0) is 13.1. The SMILES string of the molecule is CCOc1ccc(-c2onc(C(=O)O)c2Cl)cc1. The number of benzene rings is 1. The van der Waals surface area contributed by atoms with Crippen LogP contribution in [0, 0.1) is 0 Å². The molecule has 0 atom stereocenters. The minimum absolute atomic E-state index is 0.00772. The molecule has 1 heterocycles. The largest absolute Gasteiger partial charge is 0.494 e. The Morgan fingerprint density at radius 1 is 1.44 bits per heavy atom. The molecular formula is C12H10ClNO4. The normalized spacial score (nSPS) is 10.3. The molecule has 0 unspecified atom stereocenters. The maximum atomic E-state index is 10.8. The summed E-state index contributed by atoms with van der Waals surface area (Å²) < 4.78 is 10.2. The summed E-state index contributed by atoms with van der Waals surface area (Å²) in [5.41, 5.74) is 0.351. The maximum absolute atomic E-state index is 10.8. The number of carbonyl (C=O) groups is 1. The molecule has 0 saturated carbocycles. The maximum Gasteiger partial charge on any atom is 0.359 e. The van der Waals surface area contributed by atoms with E-state index in [2.05, 4.69) is 5.16 Å². The van der Waals surface area contributed by atoms with Gasteiger partial charge in [-0.25, -0.2) is 4.79 Å². The van der Waals surface area contributed by atoms with Gasteiger partial charge >= 0.3 is 5.97 Å². The average molecular weight is 268 g/mol. The minimum Gasteiger partial charge on any atom is -0.494 e. The van der Waals surface area contributed by atoms with Crippen molar-refractivity contribution < 1.29 is 19.2 Å². The number of nitrogens with zero attached hydrogens (tertiary/aromatic N) is 1. The van der Waals surface area contributed by atoms with E-state index >= 15 is 0 Å². The van der Waals surface area contributed by atoms with Crippen LogP contribution in [0.5, 0.6) is 5.75 Å². The van der Waals surface area contributed by atoms with Crippen LogP contribution < -0.4 is 4.74 Å². The third kappa shape index (κ3) is 2.31. The molecule has 0 saturated heterocycles. The predicted octanol–water partition coefficient (Wildman–Crippen LogP) is 3.09.